The van der Waals surface area contributed by atoms with Crippen LogP contribution >= 0.6 is 0 Å². The molecule has 0 saturated heterocycles. The lowest BCUT2D eigenvalue weighted by atomic mass is 10.1. The normalized spacial score (nSPS) is 11.8. The largest absolute Gasteiger partial charge is 0.416 e. The average Bonchev–Trinajstić information content (AvgIpc) is 2.45. The van der Waals surface area contributed by atoms with E-state index < -0.39 is 23.1 Å². The molecule has 7 heteroatoms. The number of aromatic nitrogens is 2. The van der Waals surface area contributed by atoms with E-state index in [0.29, 0.717) is 0 Å². The molecule has 3 nitrogen and oxygen atoms in total. The van der Waals surface area contributed by atoms with Crippen molar-refractivity contribution in [3.63, 3.8) is 0 Å². The number of hydrogen-bond donors (Lipinski definition) is 0. The SMILES string of the molecule is O=c1ncn2ccc(C(F)(F)F)cc2c1-c1cccc(F)c1. The molecule has 0 bridgehead atoms. The summed E-state index contributed by atoms with van der Waals surface area (Å²) in [6, 6.07) is 6.82. The molecule has 112 valence electrons. The molecule has 0 spiro atoms. The molecular weight excluding hydrogens is 300 g/mol. The first-order valence-electron chi connectivity index (χ1n) is 6.20. The van der Waals surface area contributed by atoms with Gasteiger partial charge in [-0.2, -0.15) is 18.2 Å². The molecule has 0 atom stereocenters. The zero-order valence-electron chi connectivity index (χ0n) is 10.9. The van der Waals surface area contributed by atoms with Gasteiger partial charge < -0.3 is 4.40 Å². The first-order valence-corrected chi connectivity index (χ1v) is 6.20. The minimum atomic E-state index is -4.54. The van der Waals surface area contributed by atoms with Crippen LogP contribution in [0, 0.1) is 5.82 Å². The van der Waals surface area contributed by atoms with Gasteiger partial charge in [0, 0.05) is 6.20 Å². The van der Waals surface area contributed by atoms with E-state index in [1.165, 1.54) is 22.6 Å². The molecule has 0 aliphatic heterocycles. The Balaban J connectivity index is 2.37. The first-order chi connectivity index (χ1) is 10.4. The van der Waals surface area contributed by atoms with Crippen LogP contribution in [0.25, 0.3) is 16.6 Å². The van der Waals surface area contributed by atoms with Gasteiger partial charge >= 0.3 is 6.18 Å². The van der Waals surface area contributed by atoms with Gasteiger partial charge in [-0.1, -0.05) is 12.1 Å². The van der Waals surface area contributed by atoms with Gasteiger partial charge in [-0.25, -0.2) is 4.39 Å². The molecule has 0 amide bonds. The van der Waals surface area contributed by atoms with E-state index in [1.54, 1.807) is 0 Å². The van der Waals surface area contributed by atoms with Crippen LogP contribution in [-0.2, 0) is 6.18 Å². The summed E-state index contributed by atoms with van der Waals surface area (Å²) in [4.78, 5) is 15.6. The summed E-state index contributed by atoms with van der Waals surface area (Å²) in [5.74, 6) is -0.592. The van der Waals surface area contributed by atoms with Crippen LogP contribution < -0.4 is 5.56 Å². The van der Waals surface area contributed by atoms with E-state index in [1.807, 2.05) is 0 Å². The number of pyridine rings is 1. The Morgan fingerprint density at radius 2 is 1.86 bits per heavy atom. The topological polar surface area (TPSA) is 34.4 Å². The minimum Gasteiger partial charge on any atom is -0.307 e. The highest BCUT2D eigenvalue weighted by Gasteiger charge is 2.31. The lowest BCUT2D eigenvalue weighted by molar-refractivity contribution is -0.137. The summed E-state index contributed by atoms with van der Waals surface area (Å²) in [6.45, 7) is 0. The number of halogens is 4. The Kier molecular flexibility index (Phi) is 3.20. The van der Waals surface area contributed by atoms with E-state index in [9.17, 15) is 22.4 Å². The lowest BCUT2D eigenvalue weighted by Crippen LogP contribution is -2.13. The fourth-order valence-electron chi connectivity index (χ4n) is 2.19. The number of fused-ring (bicyclic) bond motifs is 1. The first kappa shape index (κ1) is 14.2. The zero-order valence-corrected chi connectivity index (χ0v) is 10.9. The van der Waals surface area contributed by atoms with Gasteiger partial charge in [0.2, 0.25) is 0 Å². The molecule has 2 heterocycles. The van der Waals surface area contributed by atoms with E-state index in [2.05, 4.69) is 4.98 Å². The fourth-order valence-corrected chi connectivity index (χ4v) is 2.19. The molecule has 2 aromatic heterocycles. The zero-order chi connectivity index (χ0) is 15.9. The Morgan fingerprint density at radius 1 is 1.09 bits per heavy atom. The number of alkyl halides is 3. The summed E-state index contributed by atoms with van der Waals surface area (Å²) >= 11 is 0. The van der Waals surface area contributed by atoms with E-state index in [-0.39, 0.29) is 16.6 Å². The van der Waals surface area contributed by atoms with Gasteiger partial charge in [0.15, 0.2) is 0 Å². The van der Waals surface area contributed by atoms with Crippen molar-refractivity contribution >= 4 is 5.52 Å². The summed E-state index contributed by atoms with van der Waals surface area (Å²) in [5, 5.41) is 0. The number of benzene rings is 1. The Morgan fingerprint density at radius 3 is 2.55 bits per heavy atom. The highest BCUT2D eigenvalue weighted by Crippen LogP contribution is 2.31. The van der Waals surface area contributed by atoms with Crippen LogP contribution in [-0.4, -0.2) is 9.38 Å². The van der Waals surface area contributed by atoms with Crippen LogP contribution in [0.15, 0.2) is 53.7 Å². The Labute approximate surface area is 121 Å². The van der Waals surface area contributed by atoms with E-state index in [4.69, 9.17) is 0 Å². The molecule has 1 aromatic carbocycles. The van der Waals surface area contributed by atoms with Crippen molar-refractivity contribution < 1.29 is 17.6 Å². The van der Waals surface area contributed by atoms with Crippen molar-refractivity contribution in [3.05, 3.63) is 70.7 Å². The molecular formula is C15H8F4N2O. The van der Waals surface area contributed by atoms with Crippen molar-refractivity contribution in [3.8, 4) is 11.1 Å². The minimum absolute atomic E-state index is 0.0143. The molecule has 0 aliphatic carbocycles. The maximum absolute atomic E-state index is 13.3. The van der Waals surface area contributed by atoms with Crippen molar-refractivity contribution in [1.29, 1.82) is 0 Å². The molecule has 3 aromatic rings. The van der Waals surface area contributed by atoms with E-state index >= 15 is 0 Å². The second-order valence-corrected chi connectivity index (χ2v) is 4.64. The van der Waals surface area contributed by atoms with Gasteiger partial charge in [-0.05, 0) is 29.8 Å². The standard InChI is InChI=1S/C15H8F4N2O/c16-11-3-1-2-9(6-11)13-12-7-10(15(17,18)19)4-5-21(12)8-20-14(13)22/h1-8H. The fraction of sp³-hybridized carbons (Fsp3) is 0.0667. The third-order valence-corrected chi connectivity index (χ3v) is 3.20. The number of hydrogen-bond acceptors (Lipinski definition) is 2. The predicted octanol–water partition coefficient (Wildman–Crippen LogP) is 3.52. The lowest BCUT2D eigenvalue weighted by Gasteiger charge is -2.11. The van der Waals surface area contributed by atoms with Crippen LogP contribution in [0.3, 0.4) is 0 Å². The molecule has 3 rings (SSSR count). The maximum atomic E-state index is 13.3. The van der Waals surface area contributed by atoms with Gasteiger partial charge in [0.05, 0.1) is 16.6 Å². The van der Waals surface area contributed by atoms with Crippen LogP contribution in [0.4, 0.5) is 17.6 Å². The number of rotatable bonds is 1. The van der Waals surface area contributed by atoms with Crippen LogP contribution in [0.1, 0.15) is 5.56 Å². The molecule has 0 fully saturated rings. The monoisotopic (exact) mass is 308 g/mol. The summed E-state index contributed by atoms with van der Waals surface area (Å²) in [5.41, 5.74) is -1.50. The summed E-state index contributed by atoms with van der Waals surface area (Å²) < 4.78 is 53.2. The van der Waals surface area contributed by atoms with Crippen molar-refractivity contribution in [1.82, 2.24) is 9.38 Å². The molecule has 0 unspecified atom stereocenters. The maximum Gasteiger partial charge on any atom is 0.416 e. The van der Waals surface area contributed by atoms with E-state index in [0.717, 1.165) is 30.7 Å². The molecule has 0 aliphatic rings. The second-order valence-electron chi connectivity index (χ2n) is 4.64. The van der Waals surface area contributed by atoms with Crippen molar-refractivity contribution in [2.24, 2.45) is 0 Å². The molecule has 0 radical (unpaired) electrons. The van der Waals surface area contributed by atoms with Crippen LogP contribution in [0.2, 0.25) is 0 Å². The van der Waals surface area contributed by atoms with Crippen LogP contribution in [0.5, 0.6) is 0 Å². The van der Waals surface area contributed by atoms with Gasteiger partial charge in [0.1, 0.15) is 12.1 Å². The quantitative estimate of drug-likeness (QED) is 0.645. The smallest absolute Gasteiger partial charge is 0.307 e. The average molecular weight is 308 g/mol. The Bertz CT molecular complexity index is 915. The third kappa shape index (κ3) is 2.45. The summed E-state index contributed by atoms with van der Waals surface area (Å²) in [7, 11) is 0. The molecule has 22 heavy (non-hydrogen) atoms. The molecule has 0 N–H and O–H groups in total. The predicted molar refractivity (Wildman–Crippen MR) is 71.9 cm³/mol. The third-order valence-electron chi connectivity index (χ3n) is 3.20. The highest BCUT2D eigenvalue weighted by molar-refractivity contribution is 5.79. The summed E-state index contributed by atoms with van der Waals surface area (Å²) in [6.07, 6.45) is -2.26. The van der Waals surface area contributed by atoms with Crippen molar-refractivity contribution in [2.45, 2.75) is 6.18 Å². The van der Waals surface area contributed by atoms with Gasteiger partial charge in [-0.3, -0.25) is 4.79 Å². The number of nitrogens with zero attached hydrogens (tertiary/aromatic N) is 2. The highest BCUT2D eigenvalue weighted by atomic mass is 19.4. The Hall–Kier alpha value is -2.70. The molecule has 0 saturated carbocycles. The second kappa shape index (κ2) is 4.94. The van der Waals surface area contributed by atoms with Gasteiger partial charge in [0.25, 0.3) is 5.56 Å². The van der Waals surface area contributed by atoms with Crippen molar-refractivity contribution in [2.75, 3.05) is 0 Å². The van der Waals surface area contributed by atoms with Gasteiger partial charge in [-0.15, -0.1) is 0 Å².